The Morgan fingerprint density at radius 2 is 2.05 bits per heavy atom. The minimum absolute atomic E-state index is 0.0549. The molecule has 0 aliphatic rings. The van der Waals surface area contributed by atoms with Gasteiger partial charge in [-0.3, -0.25) is 14.9 Å². The fraction of sp³-hybridized carbons (Fsp3) is 0.385. The van der Waals surface area contributed by atoms with E-state index in [9.17, 15) is 19.7 Å². The number of benzene rings is 1. The molecule has 108 valence electrons. The first kappa shape index (κ1) is 15.6. The van der Waals surface area contributed by atoms with Crippen molar-refractivity contribution < 1.29 is 19.2 Å². The Morgan fingerprint density at radius 1 is 1.40 bits per heavy atom. The first-order chi connectivity index (χ1) is 9.32. The Balaban J connectivity index is 2.76. The van der Waals surface area contributed by atoms with Crippen LogP contribution in [0.2, 0.25) is 0 Å². The summed E-state index contributed by atoms with van der Waals surface area (Å²) in [4.78, 5) is 33.4. The number of nitrogens with one attached hydrogen (secondary N) is 1. The van der Waals surface area contributed by atoms with Crippen LogP contribution < -0.4 is 5.32 Å². The van der Waals surface area contributed by atoms with Crippen molar-refractivity contribution in [1.29, 1.82) is 0 Å². The van der Waals surface area contributed by atoms with E-state index >= 15 is 0 Å². The van der Waals surface area contributed by atoms with Gasteiger partial charge in [0.05, 0.1) is 10.5 Å². The van der Waals surface area contributed by atoms with E-state index in [-0.39, 0.29) is 22.9 Å². The van der Waals surface area contributed by atoms with Gasteiger partial charge in [-0.25, -0.2) is 4.79 Å². The molecule has 1 aromatic carbocycles. The van der Waals surface area contributed by atoms with Crippen LogP contribution in [0.25, 0.3) is 0 Å². The molecule has 0 aliphatic heterocycles. The van der Waals surface area contributed by atoms with Gasteiger partial charge in [-0.1, -0.05) is 6.07 Å². The van der Waals surface area contributed by atoms with Crippen LogP contribution in [0.15, 0.2) is 18.2 Å². The van der Waals surface area contributed by atoms with Crippen LogP contribution in [0.3, 0.4) is 0 Å². The van der Waals surface area contributed by atoms with Crippen molar-refractivity contribution in [2.75, 3.05) is 6.61 Å². The van der Waals surface area contributed by atoms with Crippen LogP contribution in [-0.2, 0) is 9.53 Å². The smallest absolute Gasteiger partial charge is 0.339 e. The number of carbonyl (C=O) groups excluding carboxylic acids is 2. The van der Waals surface area contributed by atoms with Gasteiger partial charge in [0, 0.05) is 17.7 Å². The van der Waals surface area contributed by atoms with Crippen molar-refractivity contribution in [3.05, 3.63) is 39.4 Å². The van der Waals surface area contributed by atoms with Gasteiger partial charge in [0.1, 0.15) is 0 Å². The summed E-state index contributed by atoms with van der Waals surface area (Å²) in [5, 5.41) is 13.3. The molecule has 0 fully saturated rings. The summed E-state index contributed by atoms with van der Waals surface area (Å²) in [5.74, 6) is -1.18. The fourth-order valence-electron chi connectivity index (χ4n) is 1.61. The van der Waals surface area contributed by atoms with Gasteiger partial charge in [0.25, 0.3) is 11.6 Å². The normalized spacial score (nSPS) is 10.2. The molecule has 0 radical (unpaired) electrons. The molecule has 0 bridgehead atoms. The van der Waals surface area contributed by atoms with E-state index in [4.69, 9.17) is 4.74 Å². The maximum absolute atomic E-state index is 11.8. The van der Waals surface area contributed by atoms with E-state index in [1.807, 2.05) is 0 Å². The summed E-state index contributed by atoms with van der Waals surface area (Å²) in [5.41, 5.74) is 0.134. The van der Waals surface area contributed by atoms with Gasteiger partial charge in [-0.15, -0.1) is 0 Å². The number of ether oxygens (including phenoxy) is 1. The molecule has 1 aromatic rings. The van der Waals surface area contributed by atoms with Crippen molar-refractivity contribution in [3.63, 3.8) is 0 Å². The Morgan fingerprint density at radius 3 is 2.60 bits per heavy atom. The van der Waals surface area contributed by atoms with Crippen molar-refractivity contribution in [2.45, 2.75) is 26.8 Å². The molecular formula is C13H16N2O5. The molecule has 1 rings (SSSR count). The number of hydrogen-bond donors (Lipinski definition) is 1. The Bertz CT molecular complexity index is 540. The fourth-order valence-corrected chi connectivity index (χ4v) is 1.61. The monoisotopic (exact) mass is 280 g/mol. The zero-order valence-corrected chi connectivity index (χ0v) is 11.5. The molecule has 1 amide bonds. The van der Waals surface area contributed by atoms with E-state index in [0.717, 1.165) is 0 Å². The molecule has 0 saturated heterocycles. The van der Waals surface area contributed by atoms with Gasteiger partial charge >= 0.3 is 5.97 Å². The standard InChI is InChI=1S/C13H16N2O5/c1-8(2)14-12(16)7-20-13(17)10-5-4-6-11(9(10)3)15(18)19/h4-6,8H,7H2,1-3H3,(H,14,16). The lowest BCUT2D eigenvalue weighted by Crippen LogP contribution is -2.34. The Kier molecular flexibility index (Phi) is 5.19. The highest BCUT2D eigenvalue weighted by Crippen LogP contribution is 2.21. The highest BCUT2D eigenvalue weighted by molar-refractivity contribution is 5.93. The average Bonchev–Trinajstić information content (AvgIpc) is 2.35. The van der Waals surface area contributed by atoms with Gasteiger partial charge in [0.15, 0.2) is 6.61 Å². The van der Waals surface area contributed by atoms with E-state index in [0.29, 0.717) is 0 Å². The van der Waals surface area contributed by atoms with Crippen LogP contribution in [-0.4, -0.2) is 29.4 Å². The van der Waals surface area contributed by atoms with Crippen LogP contribution in [0, 0.1) is 17.0 Å². The number of amides is 1. The van der Waals surface area contributed by atoms with E-state index in [1.54, 1.807) is 13.8 Å². The second-order valence-electron chi connectivity index (χ2n) is 4.51. The lowest BCUT2D eigenvalue weighted by Gasteiger charge is -2.09. The molecule has 0 atom stereocenters. The van der Waals surface area contributed by atoms with Crippen molar-refractivity contribution in [1.82, 2.24) is 5.32 Å². The molecule has 0 heterocycles. The van der Waals surface area contributed by atoms with Crippen molar-refractivity contribution >= 4 is 17.6 Å². The number of esters is 1. The first-order valence-corrected chi connectivity index (χ1v) is 6.03. The summed E-state index contributed by atoms with van der Waals surface area (Å²) in [6, 6.07) is 4.07. The van der Waals surface area contributed by atoms with Crippen LogP contribution in [0.5, 0.6) is 0 Å². The summed E-state index contributed by atoms with van der Waals surface area (Å²) >= 11 is 0. The SMILES string of the molecule is Cc1c(C(=O)OCC(=O)NC(C)C)cccc1[N+](=O)[O-]. The highest BCUT2D eigenvalue weighted by Gasteiger charge is 2.19. The minimum Gasteiger partial charge on any atom is -0.452 e. The molecule has 0 saturated carbocycles. The van der Waals surface area contributed by atoms with Gasteiger partial charge in [0.2, 0.25) is 0 Å². The predicted octanol–water partition coefficient (Wildman–Crippen LogP) is 1.58. The van der Waals surface area contributed by atoms with E-state index in [2.05, 4.69) is 5.32 Å². The third kappa shape index (κ3) is 4.04. The molecule has 7 nitrogen and oxygen atoms in total. The number of rotatable bonds is 5. The summed E-state index contributed by atoms with van der Waals surface area (Å²) < 4.78 is 4.83. The topological polar surface area (TPSA) is 98.5 Å². The third-order valence-corrected chi connectivity index (χ3v) is 2.51. The predicted molar refractivity (Wildman–Crippen MR) is 71.4 cm³/mol. The second kappa shape index (κ2) is 6.65. The quantitative estimate of drug-likeness (QED) is 0.501. The zero-order chi connectivity index (χ0) is 15.3. The number of hydrogen-bond acceptors (Lipinski definition) is 5. The summed E-state index contributed by atoms with van der Waals surface area (Å²) in [6.45, 7) is 4.61. The third-order valence-electron chi connectivity index (χ3n) is 2.51. The largest absolute Gasteiger partial charge is 0.452 e. The highest BCUT2D eigenvalue weighted by atomic mass is 16.6. The molecular weight excluding hydrogens is 264 g/mol. The van der Waals surface area contributed by atoms with Gasteiger partial charge in [-0.2, -0.15) is 0 Å². The molecule has 0 unspecified atom stereocenters. The van der Waals surface area contributed by atoms with Crippen molar-refractivity contribution in [3.8, 4) is 0 Å². The Hall–Kier alpha value is -2.44. The number of nitro benzene ring substituents is 1. The van der Waals surface area contributed by atoms with E-state index in [1.165, 1.54) is 25.1 Å². The zero-order valence-electron chi connectivity index (χ0n) is 11.5. The maximum atomic E-state index is 11.8. The molecule has 0 spiro atoms. The van der Waals surface area contributed by atoms with Crippen LogP contribution in [0.4, 0.5) is 5.69 Å². The first-order valence-electron chi connectivity index (χ1n) is 6.03. The lowest BCUT2D eigenvalue weighted by atomic mass is 10.1. The molecule has 0 aliphatic carbocycles. The summed E-state index contributed by atoms with van der Waals surface area (Å²) in [6.07, 6.45) is 0. The maximum Gasteiger partial charge on any atom is 0.339 e. The molecule has 0 aromatic heterocycles. The number of carbonyl (C=O) groups is 2. The van der Waals surface area contributed by atoms with Crippen molar-refractivity contribution in [2.24, 2.45) is 0 Å². The van der Waals surface area contributed by atoms with Gasteiger partial charge in [-0.05, 0) is 26.8 Å². The summed E-state index contributed by atoms with van der Waals surface area (Å²) in [7, 11) is 0. The Labute approximate surface area is 116 Å². The van der Waals surface area contributed by atoms with Crippen LogP contribution in [0.1, 0.15) is 29.8 Å². The lowest BCUT2D eigenvalue weighted by molar-refractivity contribution is -0.385. The molecule has 20 heavy (non-hydrogen) atoms. The van der Waals surface area contributed by atoms with E-state index < -0.39 is 23.4 Å². The van der Waals surface area contributed by atoms with Crippen LogP contribution >= 0.6 is 0 Å². The molecule has 7 heteroatoms. The molecule has 1 N–H and O–H groups in total. The van der Waals surface area contributed by atoms with Gasteiger partial charge < -0.3 is 10.1 Å². The number of nitrogens with zero attached hydrogens (tertiary/aromatic N) is 1. The minimum atomic E-state index is -0.759. The second-order valence-corrected chi connectivity index (χ2v) is 4.51. The average molecular weight is 280 g/mol. The number of nitro groups is 1.